The first-order valence-corrected chi connectivity index (χ1v) is 6.16. The van der Waals surface area contributed by atoms with Gasteiger partial charge in [-0.05, 0) is 65.0 Å². The third-order valence-electron chi connectivity index (χ3n) is 4.04. The summed E-state index contributed by atoms with van der Waals surface area (Å²) in [7, 11) is 0. The molecule has 1 heterocycles. The number of piperidine rings is 1. The predicted molar refractivity (Wildman–Crippen MR) is 60.4 cm³/mol. The van der Waals surface area contributed by atoms with E-state index in [2.05, 4.69) is 24.5 Å². The van der Waals surface area contributed by atoms with Crippen molar-refractivity contribution in [2.45, 2.75) is 57.5 Å². The molecular formula is C12H24N2. The number of hydrogen-bond acceptors (Lipinski definition) is 2. The maximum absolute atomic E-state index is 3.74. The molecular weight excluding hydrogens is 172 g/mol. The zero-order valence-electron chi connectivity index (χ0n) is 9.60. The van der Waals surface area contributed by atoms with Gasteiger partial charge >= 0.3 is 0 Å². The summed E-state index contributed by atoms with van der Waals surface area (Å²) in [5.74, 6) is 0.864. The second-order valence-electron chi connectivity index (χ2n) is 5.55. The van der Waals surface area contributed by atoms with E-state index in [1.807, 2.05) is 0 Å². The zero-order valence-corrected chi connectivity index (χ0v) is 9.60. The Balaban J connectivity index is 1.65. The van der Waals surface area contributed by atoms with Crippen LogP contribution >= 0.6 is 0 Å². The second kappa shape index (κ2) is 4.19. The Morgan fingerprint density at radius 3 is 2.64 bits per heavy atom. The highest BCUT2D eigenvalue weighted by molar-refractivity contribution is 4.92. The molecule has 0 radical (unpaired) electrons. The SMILES string of the molecule is CC1CCC(CNC2(C)CCC2)CN1. The summed E-state index contributed by atoms with van der Waals surface area (Å²) in [6.07, 6.45) is 6.93. The predicted octanol–water partition coefficient (Wildman–Crippen LogP) is 1.91. The lowest BCUT2D eigenvalue weighted by atomic mass is 9.78. The van der Waals surface area contributed by atoms with Crippen molar-refractivity contribution in [2.75, 3.05) is 13.1 Å². The third kappa shape index (κ3) is 2.48. The smallest absolute Gasteiger partial charge is 0.0153 e. The van der Waals surface area contributed by atoms with Gasteiger partial charge in [0, 0.05) is 11.6 Å². The highest BCUT2D eigenvalue weighted by atomic mass is 15.0. The first-order chi connectivity index (χ1) is 6.68. The minimum absolute atomic E-state index is 0.489. The second-order valence-corrected chi connectivity index (χ2v) is 5.55. The highest BCUT2D eigenvalue weighted by Gasteiger charge is 2.31. The summed E-state index contributed by atoms with van der Waals surface area (Å²) in [5.41, 5.74) is 0.489. The normalized spacial score (nSPS) is 36.4. The molecule has 2 N–H and O–H groups in total. The highest BCUT2D eigenvalue weighted by Crippen LogP contribution is 2.31. The fourth-order valence-corrected chi connectivity index (χ4v) is 2.51. The van der Waals surface area contributed by atoms with Gasteiger partial charge in [0.15, 0.2) is 0 Å². The standard InChI is InChI=1S/C12H24N2/c1-10-4-5-11(8-13-10)9-14-12(2)6-3-7-12/h10-11,13-14H,3-9H2,1-2H3. The lowest BCUT2D eigenvalue weighted by molar-refractivity contribution is 0.186. The van der Waals surface area contributed by atoms with Crippen molar-refractivity contribution in [3.05, 3.63) is 0 Å². The lowest BCUT2D eigenvalue weighted by Crippen LogP contribution is -2.51. The molecule has 14 heavy (non-hydrogen) atoms. The maximum Gasteiger partial charge on any atom is 0.0153 e. The molecule has 2 rings (SSSR count). The van der Waals surface area contributed by atoms with E-state index >= 15 is 0 Å². The Kier molecular flexibility index (Phi) is 3.13. The van der Waals surface area contributed by atoms with Gasteiger partial charge in [0.1, 0.15) is 0 Å². The Morgan fingerprint density at radius 2 is 2.14 bits per heavy atom. The first-order valence-electron chi connectivity index (χ1n) is 6.16. The van der Waals surface area contributed by atoms with Gasteiger partial charge in [-0.25, -0.2) is 0 Å². The molecule has 0 spiro atoms. The monoisotopic (exact) mass is 196 g/mol. The summed E-state index contributed by atoms with van der Waals surface area (Å²) >= 11 is 0. The molecule has 2 nitrogen and oxygen atoms in total. The summed E-state index contributed by atoms with van der Waals surface area (Å²) in [6, 6.07) is 0.741. The molecule has 82 valence electrons. The van der Waals surface area contributed by atoms with E-state index in [0.717, 1.165) is 12.0 Å². The van der Waals surface area contributed by atoms with Crippen LogP contribution in [0.15, 0.2) is 0 Å². The molecule has 0 aromatic rings. The van der Waals surface area contributed by atoms with Crippen LogP contribution in [0.4, 0.5) is 0 Å². The lowest BCUT2D eigenvalue weighted by Gasteiger charge is -2.41. The van der Waals surface area contributed by atoms with Crippen molar-refractivity contribution in [1.29, 1.82) is 0 Å². The van der Waals surface area contributed by atoms with E-state index in [1.54, 1.807) is 0 Å². The zero-order chi connectivity index (χ0) is 10.0. The molecule has 2 atom stereocenters. The summed E-state index contributed by atoms with van der Waals surface area (Å²) < 4.78 is 0. The van der Waals surface area contributed by atoms with Crippen LogP contribution in [-0.4, -0.2) is 24.7 Å². The van der Waals surface area contributed by atoms with Crippen molar-refractivity contribution >= 4 is 0 Å². The molecule has 2 aliphatic rings. The van der Waals surface area contributed by atoms with E-state index in [9.17, 15) is 0 Å². The van der Waals surface area contributed by atoms with Crippen LogP contribution in [0, 0.1) is 5.92 Å². The topological polar surface area (TPSA) is 24.1 Å². The van der Waals surface area contributed by atoms with Gasteiger partial charge in [-0.1, -0.05) is 0 Å². The van der Waals surface area contributed by atoms with E-state index in [4.69, 9.17) is 0 Å². The number of rotatable bonds is 3. The molecule has 0 amide bonds. The van der Waals surface area contributed by atoms with Gasteiger partial charge in [0.05, 0.1) is 0 Å². The Hall–Kier alpha value is -0.0800. The summed E-state index contributed by atoms with van der Waals surface area (Å²) in [4.78, 5) is 0. The van der Waals surface area contributed by atoms with Crippen LogP contribution < -0.4 is 10.6 Å². The van der Waals surface area contributed by atoms with E-state index in [1.165, 1.54) is 45.2 Å². The van der Waals surface area contributed by atoms with Crippen LogP contribution in [-0.2, 0) is 0 Å². The Labute approximate surface area is 87.8 Å². The minimum atomic E-state index is 0.489. The quantitative estimate of drug-likeness (QED) is 0.720. The van der Waals surface area contributed by atoms with Gasteiger partial charge < -0.3 is 10.6 Å². The minimum Gasteiger partial charge on any atom is -0.314 e. The van der Waals surface area contributed by atoms with Crippen LogP contribution in [0.3, 0.4) is 0 Å². The molecule has 1 aliphatic carbocycles. The van der Waals surface area contributed by atoms with Crippen LogP contribution in [0.25, 0.3) is 0 Å². The van der Waals surface area contributed by atoms with Crippen LogP contribution in [0.1, 0.15) is 46.0 Å². The molecule has 2 fully saturated rings. The first kappa shape index (κ1) is 10.4. The van der Waals surface area contributed by atoms with E-state index in [-0.39, 0.29) is 0 Å². The van der Waals surface area contributed by atoms with Crippen LogP contribution in [0.5, 0.6) is 0 Å². The van der Waals surface area contributed by atoms with Crippen molar-refractivity contribution in [1.82, 2.24) is 10.6 Å². The molecule has 0 aromatic heterocycles. The fraction of sp³-hybridized carbons (Fsp3) is 1.00. The van der Waals surface area contributed by atoms with Crippen molar-refractivity contribution in [3.8, 4) is 0 Å². The van der Waals surface area contributed by atoms with Crippen LogP contribution in [0.2, 0.25) is 0 Å². The number of hydrogen-bond donors (Lipinski definition) is 2. The Bertz CT molecular complexity index is 179. The van der Waals surface area contributed by atoms with Gasteiger partial charge in [0.25, 0.3) is 0 Å². The average Bonchev–Trinajstić information content (AvgIpc) is 2.14. The Morgan fingerprint density at radius 1 is 1.36 bits per heavy atom. The molecule has 0 aromatic carbocycles. The van der Waals surface area contributed by atoms with Gasteiger partial charge in [-0.2, -0.15) is 0 Å². The molecule has 0 bridgehead atoms. The molecule has 1 aliphatic heterocycles. The van der Waals surface area contributed by atoms with Crippen molar-refractivity contribution in [3.63, 3.8) is 0 Å². The summed E-state index contributed by atoms with van der Waals surface area (Å²) in [6.45, 7) is 7.09. The van der Waals surface area contributed by atoms with Gasteiger partial charge in [-0.15, -0.1) is 0 Å². The number of nitrogens with one attached hydrogen (secondary N) is 2. The third-order valence-corrected chi connectivity index (χ3v) is 4.04. The fourth-order valence-electron chi connectivity index (χ4n) is 2.51. The molecule has 1 saturated carbocycles. The maximum atomic E-state index is 3.74. The van der Waals surface area contributed by atoms with Gasteiger partial charge in [-0.3, -0.25) is 0 Å². The molecule has 2 unspecified atom stereocenters. The molecule has 1 saturated heterocycles. The van der Waals surface area contributed by atoms with Gasteiger partial charge in [0.2, 0.25) is 0 Å². The molecule has 2 heteroatoms. The van der Waals surface area contributed by atoms with Crippen molar-refractivity contribution < 1.29 is 0 Å². The van der Waals surface area contributed by atoms with Crippen molar-refractivity contribution in [2.24, 2.45) is 5.92 Å². The van der Waals surface area contributed by atoms with E-state index in [0.29, 0.717) is 5.54 Å². The average molecular weight is 196 g/mol. The largest absolute Gasteiger partial charge is 0.314 e. The van der Waals surface area contributed by atoms with E-state index < -0.39 is 0 Å². The summed E-state index contributed by atoms with van der Waals surface area (Å²) in [5, 5.41) is 7.30.